The van der Waals surface area contributed by atoms with E-state index in [2.05, 4.69) is 11.6 Å². The zero-order valence-corrected chi connectivity index (χ0v) is 12.0. The van der Waals surface area contributed by atoms with Gasteiger partial charge in [-0.05, 0) is 22.9 Å². The molecule has 3 rings (SSSR count). The van der Waals surface area contributed by atoms with Gasteiger partial charge in [0.15, 0.2) is 0 Å². The van der Waals surface area contributed by atoms with Gasteiger partial charge in [-0.1, -0.05) is 36.9 Å². The molecule has 23 heavy (non-hydrogen) atoms. The van der Waals surface area contributed by atoms with Crippen LogP contribution in [0.1, 0.15) is 5.56 Å². The number of oxazole rings is 1. The molecule has 0 saturated carbocycles. The van der Waals surface area contributed by atoms with Gasteiger partial charge in [0.05, 0.1) is 4.92 Å². The van der Waals surface area contributed by atoms with Crippen molar-refractivity contribution in [2.24, 2.45) is 0 Å². The lowest BCUT2D eigenvalue weighted by Crippen LogP contribution is -2.20. The largest absolute Gasteiger partial charge is 0.404 e. The second-order valence-corrected chi connectivity index (χ2v) is 4.91. The third-order valence-corrected chi connectivity index (χ3v) is 3.32. The van der Waals surface area contributed by atoms with Crippen molar-refractivity contribution in [1.82, 2.24) is 4.98 Å². The molecule has 3 aromatic rings. The number of benzene rings is 2. The zero-order chi connectivity index (χ0) is 16.4. The summed E-state index contributed by atoms with van der Waals surface area (Å²) in [7, 11) is 0. The summed E-state index contributed by atoms with van der Waals surface area (Å²) in [4.78, 5) is 25.2. The smallest absolute Gasteiger partial charge is 0.361 e. The average molecular weight is 308 g/mol. The van der Waals surface area contributed by atoms with Gasteiger partial charge in [0.25, 0.3) is 5.69 Å². The van der Waals surface area contributed by atoms with Crippen molar-refractivity contribution < 1.29 is 9.34 Å². The lowest BCUT2D eigenvalue weighted by molar-refractivity contribution is -0.384. The van der Waals surface area contributed by atoms with Crippen LogP contribution in [0.2, 0.25) is 0 Å². The molecule has 2 aromatic carbocycles. The number of aromatic amines is 1. The molecule has 0 aliphatic heterocycles. The molecule has 1 aromatic heterocycles. The quantitative estimate of drug-likeness (QED) is 0.572. The van der Waals surface area contributed by atoms with E-state index in [0.29, 0.717) is 16.3 Å². The first-order chi connectivity index (χ1) is 11.0. The fourth-order valence-corrected chi connectivity index (χ4v) is 2.20. The van der Waals surface area contributed by atoms with E-state index >= 15 is 0 Å². The summed E-state index contributed by atoms with van der Waals surface area (Å²) in [5.74, 6) is 0. The predicted octanol–water partition coefficient (Wildman–Crippen LogP) is 1.40. The molecule has 0 spiro atoms. The number of nitro groups is 1. The third-order valence-electron chi connectivity index (χ3n) is 3.32. The van der Waals surface area contributed by atoms with Crippen molar-refractivity contribution in [2.75, 3.05) is 0 Å². The summed E-state index contributed by atoms with van der Waals surface area (Å²) < 4.78 is 5.22. The molecule has 1 heterocycles. The minimum absolute atomic E-state index is 0.0435. The predicted molar refractivity (Wildman–Crippen MR) is 84.9 cm³/mol. The molecule has 0 bridgehead atoms. The molecule has 0 atom stereocenters. The molecular weight excluding hydrogens is 296 g/mol. The molecule has 0 aliphatic carbocycles. The number of nitrogens with one attached hydrogen (secondary N) is 1. The van der Waals surface area contributed by atoms with E-state index in [4.69, 9.17) is 4.42 Å². The number of H-pyrrole nitrogens is 1. The minimum atomic E-state index is -0.547. The number of hydrogen-bond acceptors (Lipinski definition) is 4. The summed E-state index contributed by atoms with van der Waals surface area (Å²) in [6, 6.07) is 13.2. The van der Waals surface area contributed by atoms with Crippen LogP contribution >= 0.6 is 0 Å². The highest BCUT2D eigenvalue weighted by Gasteiger charge is 2.05. The number of aromatic nitrogens is 1. The molecule has 0 amide bonds. The number of nitrogens with zero attached hydrogens (tertiary/aromatic N) is 1. The Morgan fingerprint density at radius 1 is 1.17 bits per heavy atom. The maximum atomic E-state index is 12.0. The van der Waals surface area contributed by atoms with Gasteiger partial charge >= 0.3 is 5.63 Å². The number of hydrogen-bond donors (Lipinski definition) is 1. The monoisotopic (exact) mass is 308 g/mol. The Bertz CT molecular complexity index is 1140. The van der Waals surface area contributed by atoms with E-state index in [0.717, 1.165) is 5.22 Å². The molecule has 0 radical (unpaired) electrons. The van der Waals surface area contributed by atoms with Crippen LogP contribution in [0, 0.1) is 20.9 Å². The second kappa shape index (κ2) is 5.76. The van der Waals surface area contributed by atoms with Crippen molar-refractivity contribution in [3.8, 4) is 0 Å². The van der Waals surface area contributed by atoms with Gasteiger partial charge in [0, 0.05) is 17.4 Å². The Morgan fingerprint density at radius 2 is 1.96 bits per heavy atom. The molecule has 0 unspecified atom stereocenters. The van der Waals surface area contributed by atoms with E-state index in [1.165, 1.54) is 18.2 Å². The van der Waals surface area contributed by atoms with Crippen LogP contribution < -0.4 is 16.2 Å². The fraction of sp³-hybridized carbons (Fsp3) is 0. The summed E-state index contributed by atoms with van der Waals surface area (Å²) >= 11 is 0. The van der Waals surface area contributed by atoms with Gasteiger partial charge in [-0.3, -0.25) is 10.1 Å². The van der Waals surface area contributed by atoms with Crippen LogP contribution in [0.4, 0.5) is 5.69 Å². The minimum Gasteiger partial charge on any atom is -0.404 e. The summed E-state index contributed by atoms with van der Waals surface area (Å²) in [5, 5.41) is 12.4. The zero-order valence-electron chi connectivity index (χ0n) is 12.0. The lowest BCUT2D eigenvalue weighted by Gasteiger charge is -1.92. The van der Waals surface area contributed by atoms with Crippen molar-refractivity contribution in [1.29, 1.82) is 0 Å². The van der Waals surface area contributed by atoms with Crippen LogP contribution in [-0.4, -0.2) is 9.91 Å². The second-order valence-electron chi connectivity index (χ2n) is 4.91. The van der Waals surface area contributed by atoms with Gasteiger partial charge in [0.1, 0.15) is 5.35 Å². The molecule has 114 valence electrons. The first kappa shape index (κ1) is 14.5. The van der Waals surface area contributed by atoms with Gasteiger partial charge in [-0.2, -0.15) is 0 Å². The first-order valence-electron chi connectivity index (χ1n) is 6.78. The van der Waals surface area contributed by atoms with E-state index in [1.807, 2.05) is 12.1 Å². The van der Waals surface area contributed by atoms with Gasteiger partial charge in [0.2, 0.25) is 5.55 Å². The Hall–Kier alpha value is -3.41. The SMILES string of the molecule is C=c1ccccc1=c1[nH]/c(=C/c2cccc([N+](=O)[O-])c2)c(=O)o1. The first-order valence-corrected chi connectivity index (χ1v) is 6.78. The molecule has 6 nitrogen and oxygen atoms in total. The number of non-ortho nitro benzene ring substituents is 1. The van der Waals surface area contributed by atoms with Crippen molar-refractivity contribution in [2.45, 2.75) is 0 Å². The van der Waals surface area contributed by atoms with Gasteiger partial charge < -0.3 is 9.40 Å². The Labute approximate surface area is 129 Å². The highest BCUT2D eigenvalue weighted by Crippen LogP contribution is 2.13. The molecule has 0 aliphatic rings. The molecule has 0 saturated heterocycles. The maximum absolute atomic E-state index is 12.0. The topological polar surface area (TPSA) is 89.1 Å². The molecule has 6 heteroatoms. The Morgan fingerprint density at radius 3 is 2.70 bits per heavy atom. The average Bonchev–Trinajstić information content (AvgIpc) is 2.89. The highest BCUT2D eigenvalue weighted by molar-refractivity contribution is 5.52. The molecule has 0 fully saturated rings. The van der Waals surface area contributed by atoms with Crippen LogP contribution in [0.25, 0.3) is 12.7 Å². The summed E-state index contributed by atoms with van der Waals surface area (Å²) in [6.45, 7) is 3.88. The van der Waals surface area contributed by atoms with E-state index in [-0.39, 0.29) is 11.0 Å². The van der Waals surface area contributed by atoms with Crippen molar-refractivity contribution in [3.05, 3.63) is 96.0 Å². The van der Waals surface area contributed by atoms with Crippen molar-refractivity contribution >= 4 is 18.3 Å². The van der Waals surface area contributed by atoms with Gasteiger partial charge in [-0.15, -0.1) is 0 Å². The van der Waals surface area contributed by atoms with E-state index in [9.17, 15) is 14.9 Å². The van der Waals surface area contributed by atoms with Crippen molar-refractivity contribution in [3.63, 3.8) is 0 Å². The standard InChI is InChI=1S/C17H12N2O4/c1-11-5-2-3-8-14(11)16-18-15(17(20)23-16)10-12-6-4-7-13(9-12)19(21)22/h2-10,18H,1H2/b15-10+,16-14?. The summed E-state index contributed by atoms with van der Waals surface area (Å²) in [5.41, 5.74) is 0.243. The third kappa shape index (κ3) is 2.96. The molecular formula is C17H12N2O4. The van der Waals surface area contributed by atoms with E-state index in [1.54, 1.807) is 24.3 Å². The van der Waals surface area contributed by atoms with Crippen LogP contribution in [0.3, 0.4) is 0 Å². The Kier molecular flexibility index (Phi) is 3.64. The highest BCUT2D eigenvalue weighted by atomic mass is 16.6. The number of nitro benzene ring substituents is 1. The lowest BCUT2D eigenvalue weighted by atomic mass is 10.2. The van der Waals surface area contributed by atoms with Crippen LogP contribution in [-0.2, 0) is 0 Å². The molecule has 1 N–H and O–H groups in total. The van der Waals surface area contributed by atoms with Crippen LogP contribution in [0.15, 0.2) is 57.7 Å². The van der Waals surface area contributed by atoms with Crippen LogP contribution in [0.5, 0.6) is 0 Å². The maximum Gasteiger partial charge on any atom is 0.361 e. The normalized spacial score (nSPS) is 13.1. The Balaban J connectivity index is 2.24. The summed E-state index contributed by atoms with van der Waals surface area (Å²) in [6.07, 6.45) is 1.51. The van der Waals surface area contributed by atoms with Gasteiger partial charge in [-0.25, -0.2) is 4.79 Å². The van der Waals surface area contributed by atoms with E-state index < -0.39 is 10.5 Å². The number of rotatable bonds is 2. The fourth-order valence-electron chi connectivity index (χ4n) is 2.20.